The summed E-state index contributed by atoms with van der Waals surface area (Å²) >= 11 is 5.64. The van der Waals surface area contributed by atoms with Crippen LogP contribution in [0, 0.1) is 6.92 Å². The zero-order valence-electron chi connectivity index (χ0n) is 5.69. The van der Waals surface area contributed by atoms with Crippen LogP contribution in [0.2, 0.25) is 5.15 Å². The van der Waals surface area contributed by atoms with E-state index in [1.807, 2.05) is 6.92 Å². The molecule has 0 saturated heterocycles. The fraction of sp³-hybridized carbons (Fsp3) is 0.500. The number of hydrogen-bond donors (Lipinski definition) is 2. The van der Waals surface area contributed by atoms with Crippen LogP contribution in [0.3, 0.4) is 0 Å². The van der Waals surface area contributed by atoms with Crippen molar-refractivity contribution in [2.75, 3.05) is 6.61 Å². The van der Waals surface area contributed by atoms with Gasteiger partial charge < -0.3 is 10.1 Å². The molecule has 0 unspecified atom stereocenters. The Morgan fingerprint density at radius 2 is 2.40 bits per heavy atom. The lowest BCUT2D eigenvalue weighted by atomic mass is 10.4. The summed E-state index contributed by atoms with van der Waals surface area (Å²) < 4.78 is 0. The van der Waals surface area contributed by atoms with Gasteiger partial charge in [-0.1, -0.05) is 11.6 Å². The molecule has 0 radical (unpaired) electrons. The average Bonchev–Trinajstić information content (AvgIpc) is 2.14. The highest BCUT2D eigenvalue weighted by Gasteiger charge is 2.01. The Kier molecular flexibility index (Phi) is 2.29. The lowest BCUT2D eigenvalue weighted by molar-refractivity contribution is 0.297. The monoisotopic (exact) mass is 160 g/mol. The maximum atomic E-state index is 8.52. The smallest absolute Gasteiger partial charge is 0.150 e. The van der Waals surface area contributed by atoms with E-state index in [9.17, 15) is 0 Å². The molecule has 1 heterocycles. The number of nitrogens with zero attached hydrogens (tertiary/aromatic N) is 1. The van der Waals surface area contributed by atoms with E-state index in [0.29, 0.717) is 11.6 Å². The predicted octanol–water partition coefficient (Wildman–Crippen LogP) is 0.906. The zero-order chi connectivity index (χ0) is 7.56. The van der Waals surface area contributed by atoms with Crippen molar-refractivity contribution in [3.05, 3.63) is 16.7 Å². The minimum absolute atomic E-state index is 0.100. The first kappa shape index (κ1) is 7.57. The number of imidazole rings is 1. The molecular weight excluding hydrogens is 152 g/mol. The molecule has 0 aliphatic heterocycles. The van der Waals surface area contributed by atoms with Gasteiger partial charge in [0.15, 0.2) is 0 Å². The Morgan fingerprint density at radius 1 is 1.70 bits per heavy atom. The van der Waals surface area contributed by atoms with Crippen LogP contribution < -0.4 is 0 Å². The van der Waals surface area contributed by atoms with E-state index >= 15 is 0 Å². The molecule has 0 fully saturated rings. The number of aryl methyl sites for hydroxylation is 1. The summed E-state index contributed by atoms with van der Waals surface area (Å²) in [6.45, 7) is 1.94. The third-order valence-corrected chi connectivity index (χ3v) is 1.59. The Morgan fingerprint density at radius 3 is 2.80 bits per heavy atom. The fourth-order valence-corrected chi connectivity index (χ4v) is 0.872. The van der Waals surface area contributed by atoms with Crippen molar-refractivity contribution < 1.29 is 5.11 Å². The van der Waals surface area contributed by atoms with Crippen molar-refractivity contribution in [2.45, 2.75) is 13.3 Å². The zero-order valence-corrected chi connectivity index (χ0v) is 6.44. The van der Waals surface area contributed by atoms with Gasteiger partial charge in [0, 0.05) is 6.42 Å². The van der Waals surface area contributed by atoms with Crippen molar-refractivity contribution in [1.29, 1.82) is 0 Å². The van der Waals surface area contributed by atoms with Crippen LogP contribution in [-0.2, 0) is 6.42 Å². The van der Waals surface area contributed by atoms with E-state index in [4.69, 9.17) is 16.7 Å². The molecule has 1 aromatic heterocycles. The summed E-state index contributed by atoms with van der Waals surface area (Å²) in [6, 6.07) is 0. The highest BCUT2D eigenvalue weighted by molar-refractivity contribution is 6.30. The molecule has 10 heavy (non-hydrogen) atoms. The first-order valence-corrected chi connectivity index (χ1v) is 3.43. The minimum Gasteiger partial charge on any atom is -0.396 e. The van der Waals surface area contributed by atoms with Gasteiger partial charge in [0.1, 0.15) is 11.0 Å². The number of aromatic amines is 1. The minimum atomic E-state index is 0.100. The van der Waals surface area contributed by atoms with Crippen molar-refractivity contribution in [1.82, 2.24) is 9.97 Å². The summed E-state index contributed by atoms with van der Waals surface area (Å²) in [6.07, 6.45) is 0.535. The van der Waals surface area contributed by atoms with Gasteiger partial charge in [-0.15, -0.1) is 0 Å². The second-order valence-electron chi connectivity index (χ2n) is 2.07. The molecule has 0 aliphatic rings. The Labute approximate surface area is 64.1 Å². The molecule has 3 nitrogen and oxygen atoms in total. The summed E-state index contributed by atoms with van der Waals surface area (Å²) in [4.78, 5) is 6.89. The van der Waals surface area contributed by atoms with E-state index in [-0.39, 0.29) is 6.61 Å². The van der Waals surface area contributed by atoms with E-state index < -0.39 is 0 Å². The molecule has 0 amide bonds. The summed E-state index contributed by atoms with van der Waals surface area (Å²) in [7, 11) is 0. The standard InChI is InChI=1S/C6H9ClN2O/c1-4-6(7)9-5(8-4)2-3-10/h10H,2-3H2,1H3,(H,8,9). The molecule has 0 atom stereocenters. The van der Waals surface area contributed by atoms with Gasteiger partial charge in [0.05, 0.1) is 12.3 Å². The third-order valence-electron chi connectivity index (χ3n) is 1.22. The van der Waals surface area contributed by atoms with Crippen LogP contribution in [0.25, 0.3) is 0 Å². The number of halogens is 1. The molecule has 0 spiro atoms. The van der Waals surface area contributed by atoms with E-state index in [0.717, 1.165) is 11.5 Å². The van der Waals surface area contributed by atoms with Gasteiger partial charge in [0.25, 0.3) is 0 Å². The third kappa shape index (κ3) is 1.49. The highest BCUT2D eigenvalue weighted by atomic mass is 35.5. The number of H-pyrrole nitrogens is 1. The SMILES string of the molecule is Cc1[nH]c(CCO)nc1Cl. The van der Waals surface area contributed by atoms with E-state index in [2.05, 4.69) is 9.97 Å². The fourth-order valence-electron chi connectivity index (χ4n) is 0.723. The molecule has 0 aromatic carbocycles. The van der Waals surface area contributed by atoms with Crippen LogP contribution in [0.4, 0.5) is 0 Å². The molecule has 0 aliphatic carbocycles. The molecular formula is C6H9ClN2O. The molecule has 1 aromatic rings. The largest absolute Gasteiger partial charge is 0.396 e. The van der Waals surface area contributed by atoms with Crippen molar-refractivity contribution in [3.63, 3.8) is 0 Å². The molecule has 1 rings (SSSR count). The predicted molar refractivity (Wildman–Crippen MR) is 39.1 cm³/mol. The Bertz CT molecular complexity index is 202. The number of aliphatic hydroxyl groups is 1. The van der Waals surface area contributed by atoms with Crippen LogP contribution in [-0.4, -0.2) is 21.7 Å². The number of nitrogens with one attached hydrogen (secondary N) is 1. The van der Waals surface area contributed by atoms with Gasteiger partial charge >= 0.3 is 0 Å². The lowest BCUT2D eigenvalue weighted by Gasteiger charge is -1.86. The number of hydrogen-bond acceptors (Lipinski definition) is 2. The maximum absolute atomic E-state index is 8.52. The second-order valence-corrected chi connectivity index (χ2v) is 2.43. The van der Waals surface area contributed by atoms with Gasteiger partial charge in [-0.25, -0.2) is 4.98 Å². The van der Waals surface area contributed by atoms with Crippen LogP contribution >= 0.6 is 11.6 Å². The summed E-state index contributed by atoms with van der Waals surface area (Å²) in [5, 5.41) is 9.01. The quantitative estimate of drug-likeness (QED) is 0.676. The Balaban J connectivity index is 2.77. The molecule has 4 heteroatoms. The van der Waals surface area contributed by atoms with Crippen molar-refractivity contribution >= 4 is 11.6 Å². The van der Waals surface area contributed by atoms with E-state index in [1.165, 1.54) is 0 Å². The van der Waals surface area contributed by atoms with Crippen molar-refractivity contribution in [3.8, 4) is 0 Å². The molecule has 56 valence electrons. The average molecular weight is 161 g/mol. The van der Waals surface area contributed by atoms with Gasteiger partial charge in [-0.05, 0) is 6.92 Å². The van der Waals surface area contributed by atoms with Crippen LogP contribution in [0.15, 0.2) is 0 Å². The van der Waals surface area contributed by atoms with Crippen molar-refractivity contribution in [2.24, 2.45) is 0 Å². The topological polar surface area (TPSA) is 48.9 Å². The maximum Gasteiger partial charge on any atom is 0.150 e. The molecule has 0 bridgehead atoms. The van der Waals surface area contributed by atoms with Gasteiger partial charge in [-0.3, -0.25) is 0 Å². The van der Waals surface area contributed by atoms with Crippen LogP contribution in [0.5, 0.6) is 0 Å². The van der Waals surface area contributed by atoms with Gasteiger partial charge in [-0.2, -0.15) is 0 Å². The Hall–Kier alpha value is -0.540. The first-order valence-electron chi connectivity index (χ1n) is 3.06. The molecule has 0 saturated carbocycles. The number of aromatic nitrogens is 2. The number of aliphatic hydroxyl groups excluding tert-OH is 1. The second kappa shape index (κ2) is 3.03. The van der Waals surface area contributed by atoms with Crippen LogP contribution in [0.1, 0.15) is 11.5 Å². The molecule has 2 N–H and O–H groups in total. The first-order chi connectivity index (χ1) is 4.74. The summed E-state index contributed by atoms with van der Waals surface area (Å²) in [5.74, 6) is 0.741. The van der Waals surface area contributed by atoms with Gasteiger partial charge in [0.2, 0.25) is 0 Å². The highest BCUT2D eigenvalue weighted by Crippen LogP contribution is 2.10. The summed E-state index contributed by atoms with van der Waals surface area (Å²) in [5.41, 5.74) is 0.852. The normalized spacial score (nSPS) is 10.3. The lowest BCUT2D eigenvalue weighted by Crippen LogP contribution is -1.92. The van der Waals surface area contributed by atoms with E-state index in [1.54, 1.807) is 0 Å². The number of rotatable bonds is 2.